The van der Waals surface area contributed by atoms with Crippen molar-refractivity contribution in [2.75, 3.05) is 13.1 Å². The van der Waals surface area contributed by atoms with Gasteiger partial charge in [0, 0.05) is 13.0 Å². The molecule has 0 aromatic heterocycles. The van der Waals surface area contributed by atoms with Gasteiger partial charge in [0.1, 0.15) is 5.54 Å². The summed E-state index contributed by atoms with van der Waals surface area (Å²) in [6, 6.07) is 0. The fourth-order valence-corrected chi connectivity index (χ4v) is 2.84. The van der Waals surface area contributed by atoms with E-state index in [0.29, 0.717) is 31.8 Å². The van der Waals surface area contributed by atoms with E-state index in [1.807, 2.05) is 0 Å². The number of carboxylic acid groups (broad SMARTS) is 1. The van der Waals surface area contributed by atoms with E-state index in [1.165, 1.54) is 0 Å². The van der Waals surface area contributed by atoms with E-state index in [9.17, 15) is 14.7 Å². The van der Waals surface area contributed by atoms with Crippen LogP contribution < -0.4 is 5.73 Å². The third kappa shape index (κ3) is 3.69. The zero-order valence-corrected chi connectivity index (χ0v) is 12.0. The van der Waals surface area contributed by atoms with E-state index in [4.69, 9.17) is 5.73 Å². The van der Waals surface area contributed by atoms with Crippen LogP contribution in [0, 0.1) is 5.92 Å². The van der Waals surface area contributed by atoms with Crippen LogP contribution in [0.15, 0.2) is 0 Å². The molecule has 0 aromatic rings. The number of likely N-dealkylation sites (tertiary alicyclic amines) is 1. The number of nitrogens with zero attached hydrogens (tertiary/aromatic N) is 1. The van der Waals surface area contributed by atoms with Crippen LogP contribution in [-0.4, -0.2) is 40.5 Å². The Morgan fingerprint density at radius 3 is 2.63 bits per heavy atom. The van der Waals surface area contributed by atoms with Gasteiger partial charge >= 0.3 is 5.97 Å². The number of rotatable bonds is 7. The monoisotopic (exact) mass is 270 g/mol. The predicted octanol–water partition coefficient (Wildman–Crippen LogP) is 1.61. The molecule has 1 aliphatic heterocycles. The van der Waals surface area contributed by atoms with Crippen LogP contribution in [0.3, 0.4) is 0 Å². The Bertz CT molecular complexity index is 333. The second-order valence-electron chi connectivity index (χ2n) is 5.62. The van der Waals surface area contributed by atoms with Crippen molar-refractivity contribution in [2.24, 2.45) is 11.7 Å². The molecule has 1 saturated heterocycles. The van der Waals surface area contributed by atoms with Crippen molar-refractivity contribution in [3.63, 3.8) is 0 Å². The van der Waals surface area contributed by atoms with Crippen LogP contribution in [0.4, 0.5) is 0 Å². The summed E-state index contributed by atoms with van der Waals surface area (Å²) < 4.78 is 0. The minimum Gasteiger partial charge on any atom is -0.480 e. The first-order valence-electron chi connectivity index (χ1n) is 7.19. The topological polar surface area (TPSA) is 83.6 Å². The average molecular weight is 270 g/mol. The SMILES string of the molecule is CCC(CCN)CCC(=O)N1CCCC1(C)C(=O)O. The smallest absolute Gasteiger partial charge is 0.329 e. The molecule has 5 nitrogen and oxygen atoms in total. The van der Waals surface area contributed by atoms with Gasteiger partial charge in [0.15, 0.2) is 0 Å². The van der Waals surface area contributed by atoms with Crippen molar-refractivity contribution < 1.29 is 14.7 Å². The number of carbonyl (C=O) groups is 2. The fourth-order valence-electron chi connectivity index (χ4n) is 2.84. The van der Waals surface area contributed by atoms with Crippen LogP contribution in [0.5, 0.6) is 0 Å². The van der Waals surface area contributed by atoms with Crippen LogP contribution in [-0.2, 0) is 9.59 Å². The summed E-state index contributed by atoms with van der Waals surface area (Å²) in [6.45, 7) is 4.96. The van der Waals surface area contributed by atoms with Gasteiger partial charge in [-0.15, -0.1) is 0 Å². The van der Waals surface area contributed by atoms with Crippen LogP contribution >= 0.6 is 0 Å². The third-order valence-electron chi connectivity index (χ3n) is 4.32. The maximum absolute atomic E-state index is 12.2. The van der Waals surface area contributed by atoms with Crippen molar-refractivity contribution in [1.29, 1.82) is 0 Å². The van der Waals surface area contributed by atoms with Gasteiger partial charge in [0.2, 0.25) is 5.91 Å². The number of carbonyl (C=O) groups excluding carboxylic acids is 1. The number of hydrogen-bond donors (Lipinski definition) is 2. The lowest BCUT2D eigenvalue weighted by molar-refractivity contribution is -0.155. The van der Waals surface area contributed by atoms with Crippen molar-refractivity contribution in [1.82, 2.24) is 4.90 Å². The van der Waals surface area contributed by atoms with E-state index < -0.39 is 11.5 Å². The number of amides is 1. The molecule has 1 aliphatic rings. The predicted molar refractivity (Wildman–Crippen MR) is 73.7 cm³/mol. The molecule has 0 spiro atoms. The van der Waals surface area contributed by atoms with Gasteiger partial charge in [-0.05, 0) is 45.1 Å². The van der Waals surface area contributed by atoms with E-state index in [0.717, 1.165) is 25.7 Å². The van der Waals surface area contributed by atoms with Gasteiger partial charge in [-0.3, -0.25) is 4.79 Å². The Labute approximate surface area is 115 Å². The number of nitrogens with two attached hydrogens (primary N) is 1. The van der Waals surface area contributed by atoms with E-state index in [1.54, 1.807) is 11.8 Å². The standard InChI is InChI=1S/C14H26N2O3/c1-3-11(7-9-15)5-6-12(17)16-10-4-8-14(16,2)13(18)19/h11H,3-10,15H2,1-2H3,(H,18,19). The Morgan fingerprint density at radius 1 is 1.42 bits per heavy atom. The molecule has 5 heteroatoms. The lowest BCUT2D eigenvalue weighted by atomic mass is 9.95. The molecule has 1 amide bonds. The van der Waals surface area contributed by atoms with Gasteiger partial charge < -0.3 is 15.7 Å². The minimum absolute atomic E-state index is 0.0297. The van der Waals surface area contributed by atoms with Crippen LogP contribution in [0.2, 0.25) is 0 Å². The molecule has 0 bridgehead atoms. The molecular formula is C14H26N2O3. The van der Waals surface area contributed by atoms with Gasteiger partial charge in [-0.25, -0.2) is 4.79 Å². The summed E-state index contributed by atoms with van der Waals surface area (Å²) >= 11 is 0. The molecule has 1 heterocycles. The lowest BCUT2D eigenvalue weighted by Crippen LogP contribution is -2.50. The zero-order valence-electron chi connectivity index (χ0n) is 12.0. The molecule has 2 unspecified atom stereocenters. The Hall–Kier alpha value is -1.10. The molecule has 0 radical (unpaired) electrons. The fraction of sp³-hybridized carbons (Fsp3) is 0.857. The summed E-state index contributed by atoms with van der Waals surface area (Å²) in [4.78, 5) is 25.1. The van der Waals surface area contributed by atoms with Crippen molar-refractivity contribution in [3.8, 4) is 0 Å². The highest BCUT2D eigenvalue weighted by molar-refractivity contribution is 5.87. The summed E-state index contributed by atoms with van der Waals surface area (Å²) in [7, 11) is 0. The van der Waals surface area contributed by atoms with E-state index in [-0.39, 0.29) is 5.91 Å². The number of carboxylic acids is 1. The molecule has 1 fully saturated rings. The highest BCUT2D eigenvalue weighted by atomic mass is 16.4. The first-order chi connectivity index (χ1) is 8.95. The molecular weight excluding hydrogens is 244 g/mol. The van der Waals surface area contributed by atoms with Crippen molar-refractivity contribution in [3.05, 3.63) is 0 Å². The Balaban J connectivity index is 2.55. The van der Waals surface area contributed by atoms with E-state index >= 15 is 0 Å². The van der Waals surface area contributed by atoms with E-state index in [2.05, 4.69) is 6.92 Å². The zero-order chi connectivity index (χ0) is 14.5. The van der Waals surface area contributed by atoms with Gasteiger partial charge in [-0.2, -0.15) is 0 Å². The summed E-state index contributed by atoms with van der Waals surface area (Å²) in [5.74, 6) is -0.460. The molecule has 2 atom stereocenters. The summed E-state index contributed by atoms with van der Waals surface area (Å²) in [5, 5.41) is 9.29. The van der Waals surface area contributed by atoms with Crippen LogP contribution in [0.1, 0.15) is 52.4 Å². The van der Waals surface area contributed by atoms with Crippen molar-refractivity contribution in [2.45, 2.75) is 57.9 Å². The Kier molecular flexibility index (Phi) is 5.79. The second-order valence-corrected chi connectivity index (χ2v) is 5.62. The first-order valence-corrected chi connectivity index (χ1v) is 7.19. The molecule has 0 saturated carbocycles. The van der Waals surface area contributed by atoms with Gasteiger partial charge in [0.25, 0.3) is 0 Å². The van der Waals surface area contributed by atoms with Crippen molar-refractivity contribution >= 4 is 11.9 Å². The molecule has 1 rings (SSSR count). The largest absolute Gasteiger partial charge is 0.480 e. The maximum Gasteiger partial charge on any atom is 0.329 e. The maximum atomic E-state index is 12.2. The highest BCUT2D eigenvalue weighted by Gasteiger charge is 2.45. The molecule has 3 N–H and O–H groups in total. The summed E-state index contributed by atoms with van der Waals surface area (Å²) in [5.41, 5.74) is 4.54. The number of aliphatic carboxylic acids is 1. The molecule has 0 aromatic carbocycles. The lowest BCUT2D eigenvalue weighted by Gasteiger charge is -2.31. The first kappa shape index (κ1) is 16.0. The van der Waals surface area contributed by atoms with Gasteiger partial charge in [-0.1, -0.05) is 13.3 Å². The highest BCUT2D eigenvalue weighted by Crippen LogP contribution is 2.30. The molecule has 0 aliphatic carbocycles. The molecule has 110 valence electrons. The average Bonchev–Trinajstić information content (AvgIpc) is 2.77. The van der Waals surface area contributed by atoms with Gasteiger partial charge in [0.05, 0.1) is 0 Å². The second kappa shape index (κ2) is 6.89. The molecule has 19 heavy (non-hydrogen) atoms. The third-order valence-corrected chi connectivity index (χ3v) is 4.32. The normalized spacial score (nSPS) is 24.5. The van der Waals surface area contributed by atoms with Crippen LogP contribution in [0.25, 0.3) is 0 Å². The summed E-state index contributed by atoms with van der Waals surface area (Å²) in [6.07, 6.45) is 4.50. The quantitative estimate of drug-likeness (QED) is 0.736. The minimum atomic E-state index is -1.01. The Morgan fingerprint density at radius 2 is 2.11 bits per heavy atom. The number of hydrogen-bond acceptors (Lipinski definition) is 3.